The number of ether oxygens (including phenoxy) is 1. The Labute approximate surface area is 96.3 Å². The third-order valence-corrected chi connectivity index (χ3v) is 1.77. The molecule has 0 spiro atoms. The van der Waals surface area contributed by atoms with E-state index in [-0.39, 0.29) is 0 Å². The number of benzene rings is 1. The van der Waals surface area contributed by atoms with Gasteiger partial charge in [0.2, 0.25) is 0 Å². The van der Waals surface area contributed by atoms with Gasteiger partial charge in [0.1, 0.15) is 5.75 Å². The van der Waals surface area contributed by atoms with E-state index in [0.717, 1.165) is 0 Å². The van der Waals surface area contributed by atoms with Crippen molar-refractivity contribution in [3.8, 4) is 5.75 Å². The summed E-state index contributed by atoms with van der Waals surface area (Å²) in [4.78, 5) is 21.0. The Morgan fingerprint density at radius 2 is 1.94 bits per heavy atom. The normalized spacial score (nSPS) is 9.24. The molecule has 0 fully saturated rings. The highest BCUT2D eigenvalue weighted by atomic mass is 16.5. The average molecular weight is 238 g/mol. The monoisotopic (exact) mass is 238 g/mol. The van der Waals surface area contributed by atoms with Crippen LogP contribution in [-0.2, 0) is 9.59 Å². The topological polar surface area (TPSA) is 108 Å². The maximum absolute atomic E-state index is 10.5. The van der Waals surface area contributed by atoms with E-state index in [4.69, 9.17) is 14.9 Å². The molecule has 7 heteroatoms. The van der Waals surface area contributed by atoms with Gasteiger partial charge in [-0.3, -0.25) is 5.43 Å². The molecule has 17 heavy (non-hydrogen) atoms. The third kappa shape index (κ3) is 3.49. The highest BCUT2D eigenvalue weighted by molar-refractivity contribution is 6.61. The number of aliphatic carboxylic acids is 2. The van der Waals surface area contributed by atoms with Gasteiger partial charge in [0.05, 0.1) is 12.8 Å². The van der Waals surface area contributed by atoms with Gasteiger partial charge in [-0.05, 0) is 12.1 Å². The lowest BCUT2D eigenvalue weighted by Crippen LogP contribution is -2.24. The zero-order valence-corrected chi connectivity index (χ0v) is 8.88. The Hall–Kier alpha value is -2.57. The largest absolute Gasteiger partial charge is 0.497 e. The molecule has 1 rings (SSSR count). The molecule has 1 aromatic rings. The zero-order chi connectivity index (χ0) is 12.8. The van der Waals surface area contributed by atoms with Crippen LogP contribution in [-0.4, -0.2) is 35.0 Å². The van der Waals surface area contributed by atoms with E-state index >= 15 is 0 Å². The second-order valence-corrected chi connectivity index (χ2v) is 2.91. The van der Waals surface area contributed by atoms with Gasteiger partial charge in [0.25, 0.3) is 5.71 Å². The summed E-state index contributed by atoms with van der Waals surface area (Å²) in [5.41, 5.74) is 1.76. The summed E-state index contributed by atoms with van der Waals surface area (Å²) in [6, 6.07) is 6.47. The van der Waals surface area contributed by atoms with Crippen LogP contribution in [0, 0.1) is 0 Å². The zero-order valence-electron chi connectivity index (χ0n) is 8.88. The first kappa shape index (κ1) is 12.5. The molecule has 0 bridgehead atoms. The molecule has 90 valence electrons. The first-order valence-electron chi connectivity index (χ1n) is 4.49. The summed E-state index contributed by atoms with van der Waals surface area (Å²) in [5.74, 6) is -2.70. The van der Waals surface area contributed by atoms with Gasteiger partial charge >= 0.3 is 11.9 Å². The van der Waals surface area contributed by atoms with E-state index in [1.807, 2.05) is 0 Å². The van der Waals surface area contributed by atoms with E-state index in [1.165, 1.54) is 7.11 Å². The Kier molecular flexibility index (Phi) is 4.04. The van der Waals surface area contributed by atoms with Crippen LogP contribution >= 0.6 is 0 Å². The summed E-state index contributed by atoms with van der Waals surface area (Å²) in [5, 5.41) is 20.4. The molecule has 0 heterocycles. The number of hydrazone groups is 1. The number of carbonyl (C=O) groups is 2. The first-order chi connectivity index (χ1) is 8.04. The minimum absolute atomic E-state index is 0.421. The van der Waals surface area contributed by atoms with Crippen LogP contribution in [0.5, 0.6) is 5.75 Å². The summed E-state index contributed by atoms with van der Waals surface area (Å²) in [6.07, 6.45) is 0. The number of carboxylic acids is 2. The molecule has 1 aromatic carbocycles. The van der Waals surface area contributed by atoms with Crippen LogP contribution in [0.25, 0.3) is 0 Å². The molecule has 0 amide bonds. The number of rotatable bonds is 5. The maximum Gasteiger partial charge on any atom is 0.364 e. The molecule has 0 aliphatic carbocycles. The number of hydrogen-bond donors (Lipinski definition) is 3. The van der Waals surface area contributed by atoms with Gasteiger partial charge in [-0.25, -0.2) is 9.59 Å². The lowest BCUT2D eigenvalue weighted by molar-refractivity contribution is -0.134. The van der Waals surface area contributed by atoms with Crippen molar-refractivity contribution in [3.63, 3.8) is 0 Å². The molecule has 7 nitrogen and oxygen atoms in total. The van der Waals surface area contributed by atoms with Crippen molar-refractivity contribution in [3.05, 3.63) is 24.3 Å². The van der Waals surface area contributed by atoms with Crippen molar-refractivity contribution in [2.75, 3.05) is 12.5 Å². The molecular weight excluding hydrogens is 228 g/mol. The van der Waals surface area contributed by atoms with Gasteiger partial charge in [-0.1, -0.05) is 6.07 Å². The fourth-order valence-corrected chi connectivity index (χ4v) is 1.00. The SMILES string of the molecule is COc1cccc(NN=C(C(=O)O)C(=O)O)c1. The predicted molar refractivity (Wildman–Crippen MR) is 59.3 cm³/mol. The minimum Gasteiger partial charge on any atom is -0.497 e. The fourth-order valence-electron chi connectivity index (χ4n) is 1.00. The summed E-state index contributed by atoms with van der Waals surface area (Å²) in [7, 11) is 1.47. The molecule has 0 saturated carbocycles. The standard InChI is InChI=1S/C10H10N2O5/c1-17-7-4-2-3-6(5-7)11-12-8(9(13)14)10(15)16/h2-5,11H,1H3,(H,13,14)(H,15,16). The van der Waals surface area contributed by atoms with Gasteiger partial charge in [0.15, 0.2) is 0 Å². The Morgan fingerprint density at radius 3 is 2.47 bits per heavy atom. The average Bonchev–Trinajstić information content (AvgIpc) is 2.28. The molecule has 3 N–H and O–H groups in total. The van der Waals surface area contributed by atoms with Crippen molar-refractivity contribution < 1.29 is 24.5 Å². The number of nitrogens with zero attached hydrogens (tertiary/aromatic N) is 1. The fraction of sp³-hybridized carbons (Fsp3) is 0.100. The van der Waals surface area contributed by atoms with Crippen LogP contribution in [0.15, 0.2) is 29.4 Å². The lowest BCUT2D eigenvalue weighted by Gasteiger charge is -2.03. The van der Waals surface area contributed by atoms with Crippen molar-refractivity contribution in [1.82, 2.24) is 0 Å². The van der Waals surface area contributed by atoms with E-state index in [1.54, 1.807) is 24.3 Å². The third-order valence-electron chi connectivity index (χ3n) is 1.77. The quantitative estimate of drug-likeness (QED) is 0.394. The molecule has 0 atom stereocenters. The molecule has 0 aliphatic rings. The maximum atomic E-state index is 10.5. The van der Waals surface area contributed by atoms with Crippen molar-refractivity contribution >= 4 is 23.3 Å². The van der Waals surface area contributed by atoms with E-state index in [2.05, 4.69) is 10.5 Å². The number of hydrogen-bond acceptors (Lipinski definition) is 5. The molecule has 0 unspecified atom stereocenters. The van der Waals surface area contributed by atoms with Crippen LogP contribution < -0.4 is 10.2 Å². The van der Waals surface area contributed by atoms with Crippen molar-refractivity contribution in [1.29, 1.82) is 0 Å². The summed E-state index contributed by atoms with van der Waals surface area (Å²) < 4.78 is 4.94. The van der Waals surface area contributed by atoms with Gasteiger partial charge in [0, 0.05) is 6.07 Å². The molecule has 0 aliphatic heterocycles. The second kappa shape index (κ2) is 5.50. The smallest absolute Gasteiger partial charge is 0.364 e. The van der Waals surface area contributed by atoms with E-state index in [9.17, 15) is 9.59 Å². The second-order valence-electron chi connectivity index (χ2n) is 2.91. The molecular formula is C10H10N2O5. The number of anilines is 1. The van der Waals surface area contributed by atoms with E-state index in [0.29, 0.717) is 11.4 Å². The molecule has 0 radical (unpaired) electrons. The Bertz CT molecular complexity index is 454. The molecule has 0 aromatic heterocycles. The van der Waals surface area contributed by atoms with Crippen LogP contribution in [0.3, 0.4) is 0 Å². The number of carboxylic acid groups (broad SMARTS) is 2. The first-order valence-corrected chi connectivity index (χ1v) is 4.49. The van der Waals surface area contributed by atoms with Gasteiger partial charge < -0.3 is 14.9 Å². The highest BCUT2D eigenvalue weighted by Crippen LogP contribution is 2.16. The van der Waals surface area contributed by atoms with Crippen LogP contribution in [0.4, 0.5) is 5.69 Å². The Balaban J connectivity index is 2.86. The summed E-state index contributed by atoms with van der Waals surface area (Å²) in [6.45, 7) is 0. The van der Waals surface area contributed by atoms with Gasteiger partial charge in [-0.2, -0.15) is 5.10 Å². The van der Waals surface area contributed by atoms with Crippen LogP contribution in [0.2, 0.25) is 0 Å². The predicted octanol–water partition coefficient (Wildman–Crippen LogP) is 0.632. The van der Waals surface area contributed by atoms with E-state index < -0.39 is 17.7 Å². The van der Waals surface area contributed by atoms with Crippen molar-refractivity contribution in [2.24, 2.45) is 5.10 Å². The lowest BCUT2D eigenvalue weighted by atomic mass is 10.3. The van der Waals surface area contributed by atoms with Gasteiger partial charge in [-0.15, -0.1) is 0 Å². The van der Waals surface area contributed by atoms with Crippen molar-refractivity contribution in [2.45, 2.75) is 0 Å². The minimum atomic E-state index is -1.62. The van der Waals surface area contributed by atoms with Crippen LogP contribution in [0.1, 0.15) is 0 Å². The number of nitrogens with one attached hydrogen (secondary N) is 1. The molecule has 0 saturated heterocycles. The Morgan fingerprint density at radius 1 is 1.29 bits per heavy atom. The highest BCUT2D eigenvalue weighted by Gasteiger charge is 2.18. The summed E-state index contributed by atoms with van der Waals surface area (Å²) >= 11 is 0. The number of methoxy groups -OCH3 is 1.